The maximum atomic E-state index is 11.4. The summed E-state index contributed by atoms with van der Waals surface area (Å²) in [5.41, 5.74) is 1.24. The normalized spacial score (nSPS) is 10.4. The zero-order valence-electron chi connectivity index (χ0n) is 37.4. The van der Waals surface area contributed by atoms with Crippen molar-refractivity contribution in [1.29, 1.82) is 0 Å². The van der Waals surface area contributed by atoms with Gasteiger partial charge in [-0.05, 0) is 25.7 Å². The van der Waals surface area contributed by atoms with E-state index in [1.54, 1.807) is 45.9 Å². The molecule has 2 atom stereocenters. The molecule has 7 N–H and O–H groups in total. The lowest BCUT2D eigenvalue weighted by Crippen LogP contribution is -2.22. The minimum Gasteiger partial charge on any atom is -0.503 e. The fraction of sp³-hybridized carbons (Fsp3) is 0.524. The van der Waals surface area contributed by atoms with Crippen molar-refractivity contribution in [1.82, 2.24) is 29.9 Å². The van der Waals surface area contributed by atoms with Crippen LogP contribution in [0.15, 0.2) is 36.9 Å². The van der Waals surface area contributed by atoms with Crippen LogP contribution in [0, 0.1) is 0 Å². The van der Waals surface area contributed by atoms with Crippen molar-refractivity contribution in [3.63, 3.8) is 0 Å². The molecular formula is C42H72Cl2N10O10S2. The van der Waals surface area contributed by atoms with Gasteiger partial charge in [-0.15, -0.1) is 24.0 Å². The summed E-state index contributed by atoms with van der Waals surface area (Å²) in [7, 11) is 6.23. The Morgan fingerprint density at radius 3 is 1.53 bits per heavy atom. The highest BCUT2D eigenvalue weighted by Crippen LogP contribution is 2.32. The zero-order valence-corrected chi connectivity index (χ0v) is 40.9. The number of alkyl halides is 1. The van der Waals surface area contributed by atoms with Gasteiger partial charge >= 0.3 is 0 Å². The number of carbonyl (C=O) groups excluding carboxylic acids is 2. The zero-order chi connectivity index (χ0) is 45.2. The summed E-state index contributed by atoms with van der Waals surface area (Å²) in [6.07, 6.45) is 10.6. The number of rotatable bonds is 22. The molecule has 4 rings (SSSR count). The summed E-state index contributed by atoms with van der Waals surface area (Å²) in [5.74, 6) is 3.31. The van der Waals surface area contributed by atoms with E-state index in [1.165, 1.54) is 33.4 Å². The largest absolute Gasteiger partial charge is 0.503 e. The van der Waals surface area contributed by atoms with Crippen molar-refractivity contribution < 1.29 is 48.6 Å². The molecule has 376 valence electrons. The molecule has 0 bridgehead atoms. The van der Waals surface area contributed by atoms with Gasteiger partial charge < -0.3 is 49.6 Å². The smallest absolute Gasteiger partial charge is 0.231 e. The van der Waals surface area contributed by atoms with Crippen LogP contribution in [0.3, 0.4) is 0 Å². The third kappa shape index (κ3) is 23.4. The van der Waals surface area contributed by atoms with Gasteiger partial charge in [-0.25, -0.2) is 9.97 Å². The molecule has 0 saturated carbocycles. The highest BCUT2D eigenvalue weighted by atomic mass is 35.5. The van der Waals surface area contributed by atoms with Crippen LogP contribution in [-0.2, 0) is 22.1 Å². The number of aromatic hydroxyl groups is 1. The average molecular weight is 1010 g/mol. The number of anilines is 4. The lowest BCUT2D eigenvalue weighted by Gasteiger charge is -2.20. The maximum absolute atomic E-state index is 11.4. The highest BCUT2D eigenvalue weighted by Gasteiger charge is 2.18. The number of nitrogens with zero attached hydrogens (tertiary/aromatic N) is 6. The number of pyridine rings is 2. The molecule has 4 aromatic rings. The Labute approximate surface area is 414 Å². The molecule has 4 heterocycles. The van der Waals surface area contributed by atoms with Crippen LogP contribution in [0.1, 0.15) is 92.5 Å². The minimum atomic E-state index is -0.280. The number of aliphatic hydroxyl groups is 2. The third-order valence-electron chi connectivity index (χ3n) is 8.23. The van der Waals surface area contributed by atoms with E-state index in [1.807, 2.05) is 6.92 Å². The van der Waals surface area contributed by atoms with Gasteiger partial charge in [0.15, 0.2) is 46.1 Å². The fourth-order valence-corrected chi connectivity index (χ4v) is 5.71. The first-order valence-electron chi connectivity index (χ1n) is 19.4. The number of carbonyl (C=O) groups is 2. The molecule has 0 fully saturated rings. The number of aliphatic hydroxyl groups excluding tert-OH is 2. The molecule has 0 aromatic carbocycles. The number of hydrogen-bond acceptors (Lipinski definition) is 18. The van der Waals surface area contributed by atoms with E-state index in [9.17, 15) is 19.8 Å². The van der Waals surface area contributed by atoms with Gasteiger partial charge in [-0.3, -0.25) is 30.2 Å². The van der Waals surface area contributed by atoms with Gasteiger partial charge in [0, 0.05) is 63.7 Å². The number of hydrogen-bond donors (Lipinski definition) is 7. The SMILES string of the molecule is C.C.CCC[C@@H](CCO)Nc1nc(NC(C)=O)ncc1O.CCC[C@@H](CCO)Nc1nc(NC(C)=O)ncc1OCc1nccc(OC)c1OC.COc1ccnc(CCl)c1OC.Cl.S.S. The molecule has 0 aliphatic rings. The van der Waals surface area contributed by atoms with E-state index < -0.39 is 0 Å². The average Bonchev–Trinajstić information content (AvgIpc) is 3.24. The van der Waals surface area contributed by atoms with Gasteiger partial charge in [-0.1, -0.05) is 41.5 Å². The van der Waals surface area contributed by atoms with Crippen molar-refractivity contribution in [3.05, 3.63) is 48.3 Å². The first-order chi connectivity index (χ1) is 29.4. The number of ether oxygens (including phenoxy) is 5. The number of nitrogens with one attached hydrogen (secondary N) is 4. The van der Waals surface area contributed by atoms with Crippen LogP contribution >= 0.6 is 51.0 Å². The van der Waals surface area contributed by atoms with Crippen LogP contribution < -0.4 is 45.0 Å². The van der Waals surface area contributed by atoms with E-state index in [4.69, 9.17) is 40.4 Å². The van der Waals surface area contributed by atoms with E-state index in [0.29, 0.717) is 64.7 Å². The molecule has 24 heteroatoms. The van der Waals surface area contributed by atoms with Gasteiger partial charge in [-0.2, -0.15) is 37.0 Å². The minimum absolute atomic E-state index is 0. The lowest BCUT2D eigenvalue weighted by atomic mass is 10.1. The molecule has 0 aliphatic carbocycles. The second kappa shape index (κ2) is 38.1. The summed E-state index contributed by atoms with van der Waals surface area (Å²) >= 11 is 5.64. The summed E-state index contributed by atoms with van der Waals surface area (Å²) < 4.78 is 26.7. The van der Waals surface area contributed by atoms with E-state index >= 15 is 0 Å². The number of methoxy groups -OCH3 is 4. The van der Waals surface area contributed by atoms with Gasteiger partial charge in [0.1, 0.15) is 18.0 Å². The van der Waals surface area contributed by atoms with Crippen molar-refractivity contribution in [2.75, 3.05) is 62.9 Å². The second-order valence-corrected chi connectivity index (χ2v) is 13.2. The Balaban J connectivity index is -0.000000461. The Hall–Kier alpha value is -5.00. The van der Waals surface area contributed by atoms with Crippen LogP contribution in [0.25, 0.3) is 0 Å². The fourth-order valence-electron chi connectivity index (χ4n) is 5.51. The van der Waals surface area contributed by atoms with E-state index in [0.717, 1.165) is 25.7 Å². The quantitative estimate of drug-likeness (QED) is 0.0382. The summed E-state index contributed by atoms with van der Waals surface area (Å²) in [5, 5.41) is 39.4. The molecule has 0 radical (unpaired) electrons. The Morgan fingerprint density at radius 1 is 0.667 bits per heavy atom. The van der Waals surface area contributed by atoms with E-state index in [-0.39, 0.29) is 121 Å². The van der Waals surface area contributed by atoms with Crippen molar-refractivity contribution in [3.8, 4) is 34.5 Å². The maximum Gasteiger partial charge on any atom is 0.231 e. The molecule has 4 aromatic heterocycles. The molecule has 0 unspecified atom stereocenters. The number of amides is 2. The van der Waals surface area contributed by atoms with Crippen molar-refractivity contribution in [2.45, 2.75) is 106 Å². The van der Waals surface area contributed by atoms with Crippen LogP contribution in [-0.4, -0.2) is 111 Å². The molecule has 2 amide bonds. The van der Waals surface area contributed by atoms with Gasteiger partial charge in [0.2, 0.25) is 23.7 Å². The molecular weight excluding hydrogens is 940 g/mol. The Bertz CT molecular complexity index is 1920. The first-order valence-corrected chi connectivity index (χ1v) is 20.0. The Kier molecular flexibility index (Phi) is 39.1. The Morgan fingerprint density at radius 2 is 1.11 bits per heavy atom. The molecule has 0 saturated heterocycles. The summed E-state index contributed by atoms with van der Waals surface area (Å²) in [4.78, 5) is 47.0. The second-order valence-electron chi connectivity index (χ2n) is 12.9. The predicted octanol–water partition coefficient (Wildman–Crippen LogP) is 7.25. The molecule has 20 nitrogen and oxygen atoms in total. The first kappa shape index (κ1) is 67.6. The number of aromatic nitrogens is 6. The summed E-state index contributed by atoms with van der Waals surface area (Å²) in [6, 6.07) is 3.44. The van der Waals surface area contributed by atoms with Crippen molar-refractivity contribution in [2.24, 2.45) is 0 Å². The third-order valence-corrected chi connectivity index (χ3v) is 8.49. The standard InChI is InChI=1S/C20H29N5O5.C12H20N4O3.C8H10ClNO2.2CH4.ClH.2H2S/c1-5-6-14(8-10-26)24-19-17(11-22-20(25-19)23-13(2)27)30-12-15-18(29-4)16(28-3)7-9-21-15;1-3-4-9(5-6-17)15-11-10(19)7-13-12(16-11)14-8(2)18;1-11-7-3-4-10-6(5-9)8(7)12-2;;;;;/h7,9,11,14,26H,5-6,8,10,12H2,1-4H3,(H2,22,23,24,25,27);7,9,17,19H,3-6H2,1-2H3,(H2,13,14,15,16,18);3-4H,5H2,1-2H3;2*1H4;1H;2*1H2/t14-;9-;;;;;;/m00....../s1. The predicted molar refractivity (Wildman–Crippen MR) is 272 cm³/mol. The molecule has 0 aliphatic heterocycles. The lowest BCUT2D eigenvalue weighted by molar-refractivity contribution is -0.115. The van der Waals surface area contributed by atoms with Gasteiger partial charge in [0.05, 0.1) is 46.7 Å². The molecule has 0 spiro atoms. The summed E-state index contributed by atoms with van der Waals surface area (Å²) in [6.45, 7) is 7.03. The van der Waals surface area contributed by atoms with Crippen LogP contribution in [0.5, 0.6) is 34.5 Å². The topological polar surface area (TPSA) is 266 Å². The highest BCUT2D eigenvalue weighted by molar-refractivity contribution is 7.59. The van der Waals surface area contributed by atoms with E-state index in [2.05, 4.69) is 58.1 Å². The molecule has 66 heavy (non-hydrogen) atoms. The monoisotopic (exact) mass is 1010 g/mol. The number of halogens is 2. The van der Waals surface area contributed by atoms with Crippen LogP contribution in [0.2, 0.25) is 0 Å². The van der Waals surface area contributed by atoms with Gasteiger partial charge in [0.25, 0.3) is 0 Å². The van der Waals surface area contributed by atoms with Crippen molar-refractivity contribution >= 4 is 86.3 Å². The van der Waals surface area contributed by atoms with Crippen LogP contribution in [0.4, 0.5) is 23.5 Å².